The summed E-state index contributed by atoms with van der Waals surface area (Å²) in [6.45, 7) is -0.398. The van der Waals surface area contributed by atoms with E-state index in [0.29, 0.717) is 24.0 Å². The lowest BCUT2D eigenvalue weighted by Gasteiger charge is -2.15. The SMILES string of the molecule is O=C(Cn1cc(S)cc(N2C(=O)C3=CCCC=C3C2=O)c1=O)c1ccc(-c2cccc(C(F)(F)F)c2)cc1. The number of anilines is 1. The first-order valence-corrected chi connectivity index (χ1v) is 12.0. The van der Waals surface area contributed by atoms with Crippen molar-refractivity contribution in [3.8, 4) is 11.1 Å². The number of benzene rings is 2. The lowest BCUT2D eigenvalue weighted by atomic mass is 10.0. The van der Waals surface area contributed by atoms with E-state index in [0.717, 1.165) is 21.6 Å². The van der Waals surface area contributed by atoms with Crippen LogP contribution in [0.1, 0.15) is 28.8 Å². The summed E-state index contributed by atoms with van der Waals surface area (Å²) >= 11 is 4.29. The number of Topliss-reactive ketones (excluding diaryl/α,β-unsaturated/α-hetero) is 1. The molecule has 2 amide bonds. The van der Waals surface area contributed by atoms with Crippen molar-refractivity contribution >= 4 is 35.9 Å². The van der Waals surface area contributed by atoms with Gasteiger partial charge in [-0.1, -0.05) is 48.6 Å². The van der Waals surface area contributed by atoms with E-state index in [4.69, 9.17) is 0 Å². The van der Waals surface area contributed by atoms with Gasteiger partial charge >= 0.3 is 6.18 Å². The largest absolute Gasteiger partial charge is 0.416 e. The summed E-state index contributed by atoms with van der Waals surface area (Å²) in [6, 6.07) is 12.1. The van der Waals surface area contributed by atoms with Crippen molar-refractivity contribution in [1.82, 2.24) is 4.57 Å². The van der Waals surface area contributed by atoms with Crippen LogP contribution in [0.3, 0.4) is 0 Å². The highest BCUT2D eigenvalue weighted by atomic mass is 32.1. The molecule has 0 saturated carbocycles. The number of alkyl halides is 3. The van der Waals surface area contributed by atoms with Crippen molar-refractivity contribution in [2.75, 3.05) is 4.90 Å². The number of pyridine rings is 1. The van der Waals surface area contributed by atoms with Gasteiger partial charge in [0.25, 0.3) is 17.4 Å². The zero-order chi connectivity index (χ0) is 27.2. The molecule has 1 aliphatic heterocycles. The van der Waals surface area contributed by atoms with E-state index in [1.165, 1.54) is 48.7 Å². The standard InChI is InChI=1S/C28H19F3N2O4S/c29-28(30,31)19-5-3-4-18(12-19)16-8-10-17(11-9-16)24(34)15-32-14-20(38)13-23(27(32)37)33-25(35)21-6-1-2-7-22(21)26(33)36/h3-14,38H,1-2,15H2. The number of hydrogen-bond donors (Lipinski definition) is 1. The van der Waals surface area contributed by atoms with Gasteiger partial charge in [0.15, 0.2) is 5.78 Å². The number of allylic oxidation sites excluding steroid dienone is 2. The fourth-order valence-electron chi connectivity index (χ4n) is 4.48. The molecule has 3 aromatic rings. The second kappa shape index (κ2) is 9.60. The number of nitrogens with zero attached hydrogens (tertiary/aromatic N) is 2. The molecule has 6 nitrogen and oxygen atoms in total. The van der Waals surface area contributed by atoms with E-state index in [1.54, 1.807) is 12.2 Å². The van der Waals surface area contributed by atoms with Crippen LogP contribution in [0, 0.1) is 0 Å². The van der Waals surface area contributed by atoms with Crippen molar-refractivity contribution in [2.45, 2.75) is 30.5 Å². The van der Waals surface area contributed by atoms with Gasteiger partial charge in [-0.25, -0.2) is 4.90 Å². The maximum atomic E-state index is 13.2. The Morgan fingerprint density at radius 2 is 1.50 bits per heavy atom. The quantitative estimate of drug-likeness (QED) is 0.276. The Balaban J connectivity index is 1.40. The molecule has 0 atom stereocenters. The molecular weight excluding hydrogens is 517 g/mol. The summed E-state index contributed by atoms with van der Waals surface area (Å²) in [4.78, 5) is 53.1. The molecule has 0 radical (unpaired) electrons. The van der Waals surface area contributed by atoms with Crippen LogP contribution in [-0.2, 0) is 22.3 Å². The third kappa shape index (κ3) is 4.63. The molecule has 0 unspecified atom stereocenters. The predicted molar refractivity (Wildman–Crippen MR) is 137 cm³/mol. The van der Waals surface area contributed by atoms with Crippen LogP contribution < -0.4 is 10.5 Å². The molecular formula is C28H19F3N2O4S. The van der Waals surface area contributed by atoms with Crippen molar-refractivity contribution in [1.29, 1.82) is 0 Å². The molecule has 1 aliphatic carbocycles. The van der Waals surface area contributed by atoms with Gasteiger partial charge in [-0.3, -0.25) is 19.2 Å². The highest BCUT2D eigenvalue weighted by Gasteiger charge is 2.41. The Kier molecular flexibility index (Phi) is 6.44. The molecule has 2 heterocycles. The second-order valence-corrected chi connectivity index (χ2v) is 9.37. The third-order valence-corrected chi connectivity index (χ3v) is 6.60. The summed E-state index contributed by atoms with van der Waals surface area (Å²) in [5.41, 5.74) is -0.113. The minimum absolute atomic E-state index is 0.198. The minimum Gasteiger partial charge on any atom is -0.305 e. The molecule has 10 heteroatoms. The molecule has 1 fully saturated rings. The van der Waals surface area contributed by atoms with Crippen LogP contribution in [-0.4, -0.2) is 22.2 Å². The Labute approximate surface area is 220 Å². The Morgan fingerprint density at radius 1 is 0.868 bits per heavy atom. The topological polar surface area (TPSA) is 76.5 Å². The average molecular weight is 537 g/mol. The first kappa shape index (κ1) is 25.5. The number of ketones is 1. The Bertz CT molecular complexity index is 1590. The van der Waals surface area contributed by atoms with Gasteiger partial charge in [0.05, 0.1) is 12.1 Å². The maximum absolute atomic E-state index is 13.2. The molecule has 5 rings (SSSR count). The number of aromatic nitrogens is 1. The number of thiol groups is 1. The zero-order valence-electron chi connectivity index (χ0n) is 19.7. The van der Waals surface area contributed by atoms with E-state index >= 15 is 0 Å². The number of fused-ring (bicyclic) bond motifs is 1. The van der Waals surface area contributed by atoms with Crippen LogP contribution in [0.2, 0.25) is 0 Å². The molecule has 2 aliphatic rings. The van der Waals surface area contributed by atoms with Crippen LogP contribution >= 0.6 is 12.6 Å². The average Bonchev–Trinajstić information content (AvgIpc) is 3.15. The summed E-state index contributed by atoms with van der Waals surface area (Å²) < 4.78 is 40.2. The minimum atomic E-state index is -4.48. The number of hydrogen-bond acceptors (Lipinski definition) is 5. The van der Waals surface area contributed by atoms with Gasteiger partial charge in [0.2, 0.25) is 0 Å². The number of carbonyl (C=O) groups excluding carboxylic acids is 3. The van der Waals surface area contributed by atoms with Crippen LogP contribution in [0.15, 0.2) is 93.8 Å². The fraction of sp³-hybridized carbons (Fsp3) is 0.143. The van der Waals surface area contributed by atoms with Crippen molar-refractivity contribution in [3.05, 3.63) is 106 Å². The van der Waals surface area contributed by atoms with E-state index in [2.05, 4.69) is 12.6 Å². The van der Waals surface area contributed by atoms with Gasteiger partial charge < -0.3 is 4.57 Å². The van der Waals surface area contributed by atoms with Crippen LogP contribution in [0.4, 0.5) is 18.9 Å². The molecule has 2 aromatic carbocycles. The summed E-state index contributed by atoms with van der Waals surface area (Å²) in [7, 11) is 0. The molecule has 1 saturated heterocycles. The first-order chi connectivity index (χ1) is 18.0. The summed E-state index contributed by atoms with van der Waals surface area (Å²) in [6.07, 6.45) is 1.43. The number of halogens is 3. The van der Waals surface area contributed by atoms with E-state index in [9.17, 15) is 32.3 Å². The number of carbonyl (C=O) groups is 3. The van der Waals surface area contributed by atoms with Gasteiger partial charge in [0.1, 0.15) is 5.69 Å². The van der Waals surface area contributed by atoms with Crippen molar-refractivity contribution in [3.63, 3.8) is 0 Å². The van der Waals surface area contributed by atoms with E-state index < -0.39 is 41.4 Å². The van der Waals surface area contributed by atoms with Gasteiger partial charge in [0, 0.05) is 27.8 Å². The lowest BCUT2D eigenvalue weighted by Crippen LogP contribution is -2.37. The molecule has 38 heavy (non-hydrogen) atoms. The van der Waals surface area contributed by atoms with Crippen molar-refractivity contribution < 1.29 is 27.6 Å². The summed E-state index contributed by atoms with van der Waals surface area (Å²) in [5.74, 6) is -1.65. The highest BCUT2D eigenvalue weighted by Crippen LogP contribution is 2.33. The molecule has 0 spiro atoms. The smallest absolute Gasteiger partial charge is 0.305 e. The second-order valence-electron chi connectivity index (χ2n) is 8.85. The Morgan fingerprint density at radius 3 is 2.11 bits per heavy atom. The Hall–Kier alpha value is -4.18. The fourth-order valence-corrected chi connectivity index (χ4v) is 4.75. The number of imide groups is 1. The monoisotopic (exact) mass is 536 g/mol. The van der Waals surface area contributed by atoms with Gasteiger partial charge in [-0.15, -0.1) is 12.6 Å². The number of amides is 2. The maximum Gasteiger partial charge on any atom is 0.416 e. The molecule has 0 bridgehead atoms. The van der Waals surface area contributed by atoms with Crippen LogP contribution in [0.5, 0.6) is 0 Å². The van der Waals surface area contributed by atoms with E-state index in [1.807, 2.05) is 0 Å². The summed E-state index contributed by atoms with van der Waals surface area (Å²) in [5, 5.41) is 0. The molecule has 1 aromatic heterocycles. The number of rotatable bonds is 5. The first-order valence-electron chi connectivity index (χ1n) is 11.6. The van der Waals surface area contributed by atoms with Gasteiger partial charge in [-0.2, -0.15) is 13.2 Å². The highest BCUT2D eigenvalue weighted by molar-refractivity contribution is 7.80. The lowest BCUT2D eigenvalue weighted by molar-refractivity contribution is -0.137. The third-order valence-electron chi connectivity index (χ3n) is 6.36. The molecule has 0 N–H and O–H groups in total. The van der Waals surface area contributed by atoms with E-state index in [-0.39, 0.29) is 27.3 Å². The van der Waals surface area contributed by atoms with Crippen LogP contribution in [0.25, 0.3) is 11.1 Å². The van der Waals surface area contributed by atoms with Crippen molar-refractivity contribution in [2.24, 2.45) is 0 Å². The normalized spacial score (nSPS) is 15.3. The zero-order valence-corrected chi connectivity index (χ0v) is 20.6. The molecule has 192 valence electrons. The predicted octanol–water partition coefficient (Wildman–Crippen LogP) is 5.23. The van der Waals surface area contributed by atoms with Gasteiger partial charge in [-0.05, 0) is 42.2 Å².